The predicted octanol–water partition coefficient (Wildman–Crippen LogP) is 2.53. The molecule has 0 unspecified atom stereocenters. The highest BCUT2D eigenvalue weighted by atomic mass is 16.5. The maximum atomic E-state index is 6.47. The van der Waals surface area contributed by atoms with Crippen LogP contribution in [0.4, 0.5) is 11.6 Å². The van der Waals surface area contributed by atoms with Crippen LogP contribution in [0.1, 0.15) is 16.7 Å². The molecule has 4 rings (SSSR count). The van der Waals surface area contributed by atoms with E-state index in [0.29, 0.717) is 29.7 Å². The maximum absolute atomic E-state index is 6.47. The summed E-state index contributed by atoms with van der Waals surface area (Å²) in [5.41, 5.74) is 23.6. The fourth-order valence-corrected chi connectivity index (χ4v) is 3.55. The lowest BCUT2D eigenvalue weighted by Crippen LogP contribution is -2.20. The number of nitrogens with zero attached hydrogens (tertiary/aromatic N) is 2. The molecule has 8 nitrogen and oxygen atoms in total. The van der Waals surface area contributed by atoms with Crippen LogP contribution in [-0.2, 0) is 6.54 Å². The highest BCUT2D eigenvalue weighted by Crippen LogP contribution is 2.34. The van der Waals surface area contributed by atoms with Gasteiger partial charge in [0, 0.05) is 53.4 Å². The van der Waals surface area contributed by atoms with Crippen molar-refractivity contribution < 1.29 is 9.47 Å². The molecule has 0 bridgehead atoms. The topological polar surface area (TPSA) is 128 Å². The van der Waals surface area contributed by atoms with Gasteiger partial charge in [-0.05, 0) is 43.0 Å². The summed E-state index contributed by atoms with van der Waals surface area (Å²) >= 11 is 0. The van der Waals surface area contributed by atoms with Gasteiger partial charge in [-0.2, -0.15) is 0 Å². The lowest BCUT2D eigenvalue weighted by atomic mass is 10.0. The Morgan fingerprint density at radius 3 is 2.93 bits per heavy atom. The van der Waals surface area contributed by atoms with Gasteiger partial charge in [0.2, 0.25) is 0 Å². The van der Waals surface area contributed by atoms with Crippen molar-refractivity contribution in [1.82, 2.24) is 14.9 Å². The summed E-state index contributed by atoms with van der Waals surface area (Å²) in [7, 11) is 3.63. The Hall–Kier alpha value is -3.65. The minimum absolute atomic E-state index is 0.332. The molecule has 3 heterocycles. The molecule has 0 saturated carbocycles. The van der Waals surface area contributed by atoms with E-state index in [9.17, 15) is 0 Å². The second kappa shape index (κ2) is 8.00. The lowest BCUT2D eigenvalue weighted by Gasteiger charge is -2.13. The summed E-state index contributed by atoms with van der Waals surface area (Å²) in [4.78, 5) is 9.49. The normalized spacial score (nSPS) is 14.7. The van der Waals surface area contributed by atoms with E-state index in [0.717, 1.165) is 46.7 Å². The van der Waals surface area contributed by atoms with E-state index in [-0.39, 0.29) is 0 Å². The molecule has 30 heavy (non-hydrogen) atoms. The van der Waals surface area contributed by atoms with Gasteiger partial charge in [0.1, 0.15) is 18.2 Å². The third-order valence-electron chi connectivity index (χ3n) is 5.23. The molecule has 0 aliphatic carbocycles. The van der Waals surface area contributed by atoms with Crippen molar-refractivity contribution in [2.24, 2.45) is 5.73 Å². The number of hydrogen-bond donors (Lipinski definition) is 4. The Morgan fingerprint density at radius 1 is 1.30 bits per heavy atom. The van der Waals surface area contributed by atoms with Crippen molar-refractivity contribution in [2.45, 2.75) is 6.54 Å². The van der Waals surface area contributed by atoms with Crippen molar-refractivity contribution in [3.8, 4) is 22.6 Å². The zero-order valence-corrected chi connectivity index (χ0v) is 17.1. The van der Waals surface area contributed by atoms with Gasteiger partial charge in [0.25, 0.3) is 0 Å². The molecule has 0 saturated heterocycles. The van der Waals surface area contributed by atoms with Crippen molar-refractivity contribution in [2.75, 3.05) is 38.8 Å². The van der Waals surface area contributed by atoms with Gasteiger partial charge < -0.3 is 31.7 Å². The van der Waals surface area contributed by atoms with Crippen LogP contribution in [0.3, 0.4) is 0 Å². The van der Waals surface area contributed by atoms with Crippen LogP contribution in [0.5, 0.6) is 11.5 Å². The van der Waals surface area contributed by atoms with E-state index in [1.54, 1.807) is 13.3 Å². The van der Waals surface area contributed by atoms with Crippen LogP contribution in [0.2, 0.25) is 0 Å². The average Bonchev–Trinajstić information content (AvgIpc) is 2.98. The van der Waals surface area contributed by atoms with Crippen molar-refractivity contribution in [1.29, 1.82) is 0 Å². The van der Waals surface area contributed by atoms with Crippen LogP contribution in [0.15, 0.2) is 36.7 Å². The number of pyridine rings is 1. The number of methoxy groups -OCH3 is 1. The van der Waals surface area contributed by atoms with Crippen LogP contribution >= 0.6 is 0 Å². The standard InChI is InChI=1S/C22H26N6O2/c1-28-5-6-30-19-4-3-13(7-15(19)12-28)18(23)9-16-17(11-27-21(16)24)14-8-20(29-2)22(25)26-10-14/h3-4,7-11,27H,5-6,12,23-24H2,1-2H3,(H2,25,26)/b18-9-. The Bertz CT molecular complexity index is 1110. The number of aromatic nitrogens is 2. The highest BCUT2D eigenvalue weighted by Gasteiger charge is 2.15. The molecule has 8 heteroatoms. The zero-order chi connectivity index (χ0) is 21.3. The van der Waals surface area contributed by atoms with E-state index in [2.05, 4.69) is 28.0 Å². The lowest BCUT2D eigenvalue weighted by molar-refractivity contribution is 0.259. The Labute approximate surface area is 175 Å². The first-order valence-electron chi connectivity index (χ1n) is 9.64. The van der Waals surface area contributed by atoms with Gasteiger partial charge in [-0.1, -0.05) is 0 Å². The minimum atomic E-state index is 0.332. The summed E-state index contributed by atoms with van der Waals surface area (Å²) in [6.45, 7) is 2.37. The first-order valence-corrected chi connectivity index (χ1v) is 9.64. The number of fused-ring (bicyclic) bond motifs is 1. The van der Waals surface area contributed by atoms with Crippen LogP contribution in [-0.4, -0.2) is 42.2 Å². The molecule has 0 atom stereocenters. The van der Waals surface area contributed by atoms with E-state index < -0.39 is 0 Å². The summed E-state index contributed by atoms with van der Waals surface area (Å²) in [6.07, 6.45) is 5.37. The van der Waals surface area contributed by atoms with E-state index in [1.807, 2.05) is 30.5 Å². The Kier molecular flexibility index (Phi) is 5.24. The van der Waals surface area contributed by atoms with Gasteiger partial charge in [-0.3, -0.25) is 4.90 Å². The molecule has 7 N–H and O–H groups in total. The summed E-state index contributed by atoms with van der Waals surface area (Å²) in [6, 6.07) is 7.83. The van der Waals surface area contributed by atoms with E-state index in [1.165, 1.54) is 0 Å². The predicted molar refractivity (Wildman–Crippen MR) is 120 cm³/mol. The number of hydrogen-bond acceptors (Lipinski definition) is 7. The number of ether oxygens (including phenoxy) is 2. The van der Waals surface area contributed by atoms with Crippen molar-refractivity contribution in [3.63, 3.8) is 0 Å². The van der Waals surface area contributed by atoms with Gasteiger partial charge in [0.15, 0.2) is 11.6 Å². The molecule has 2 aromatic heterocycles. The van der Waals surface area contributed by atoms with Gasteiger partial charge in [-0.15, -0.1) is 0 Å². The zero-order valence-electron chi connectivity index (χ0n) is 17.1. The monoisotopic (exact) mass is 406 g/mol. The molecule has 0 fully saturated rings. The quantitative estimate of drug-likeness (QED) is 0.524. The van der Waals surface area contributed by atoms with Gasteiger partial charge >= 0.3 is 0 Å². The number of benzene rings is 1. The Morgan fingerprint density at radius 2 is 2.13 bits per heavy atom. The molecule has 1 aliphatic rings. The third kappa shape index (κ3) is 3.77. The van der Waals surface area contributed by atoms with E-state index >= 15 is 0 Å². The molecular weight excluding hydrogens is 380 g/mol. The number of anilines is 2. The summed E-state index contributed by atoms with van der Waals surface area (Å²) < 4.78 is 11.1. The molecule has 0 amide bonds. The first kappa shape index (κ1) is 19.7. The molecule has 0 spiro atoms. The molecule has 1 aromatic carbocycles. The van der Waals surface area contributed by atoms with Crippen molar-refractivity contribution in [3.05, 3.63) is 53.3 Å². The van der Waals surface area contributed by atoms with Gasteiger partial charge in [-0.25, -0.2) is 4.98 Å². The fraction of sp³-hybridized carbons (Fsp3) is 0.227. The second-order valence-corrected chi connectivity index (χ2v) is 7.35. The maximum Gasteiger partial charge on any atom is 0.166 e. The number of likely N-dealkylation sites (N-methyl/N-ethyl adjacent to an activating group) is 1. The second-order valence-electron chi connectivity index (χ2n) is 7.35. The fourth-order valence-electron chi connectivity index (χ4n) is 3.55. The van der Waals surface area contributed by atoms with Crippen LogP contribution in [0, 0.1) is 0 Å². The number of rotatable bonds is 4. The van der Waals surface area contributed by atoms with Gasteiger partial charge in [0.05, 0.1) is 7.11 Å². The molecule has 1 aliphatic heterocycles. The first-order chi connectivity index (χ1) is 14.5. The summed E-state index contributed by atoms with van der Waals surface area (Å²) in [5.74, 6) is 2.25. The molecular formula is C22H26N6O2. The highest BCUT2D eigenvalue weighted by molar-refractivity contribution is 5.90. The number of nitrogens with two attached hydrogens (primary N) is 3. The average molecular weight is 406 g/mol. The molecule has 0 radical (unpaired) electrons. The molecule has 3 aromatic rings. The van der Waals surface area contributed by atoms with Crippen molar-refractivity contribution >= 4 is 23.4 Å². The third-order valence-corrected chi connectivity index (χ3v) is 5.23. The Balaban J connectivity index is 1.72. The number of nitrogens with one attached hydrogen (secondary N) is 1. The summed E-state index contributed by atoms with van der Waals surface area (Å²) in [5, 5.41) is 0. The number of H-pyrrole nitrogens is 1. The smallest absolute Gasteiger partial charge is 0.166 e. The number of aromatic amines is 1. The largest absolute Gasteiger partial charge is 0.493 e. The minimum Gasteiger partial charge on any atom is -0.493 e. The van der Waals surface area contributed by atoms with Crippen LogP contribution < -0.4 is 26.7 Å². The van der Waals surface area contributed by atoms with Crippen LogP contribution in [0.25, 0.3) is 22.9 Å². The molecule has 156 valence electrons. The number of nitrogen functional groups attached to an aromatic ring is 2. The van der Waals surface area contributed by atoms with E-state index in [4.69, 9.17) is 26.7 Å². The SMILES string of the molecule is COc1cc(-c2c[nH]c(N)c2/C=C(\N)c2ccc3c(c2)CN(C)CCO3)cnc1N.